The molecule has 3 rings (SSSR count). The van der Waals surface area contributed by atoms with E-state index in [-0.39, 0.29) is 6.61 Å². The second-order valence-electron chi connectivity index (χ2n) is 4.97. The summed E-state index contributed by atoms with van der Waals surface area (Å²) in [5.41, 5.74) is 6.45. The first-order valence-electron chi connectivity index (χ1n) is 6.36. The summed E-state index contributed by atoms with van der Waals surface area (Å²) in [6.07, 6.45) is -2.26. The van der Waals surface area contributed by atoms with Crippen molar-refractivity contribution in [3.05, 3.63) is 15.6 Å². The fourth-order valence-electron chi connectivity index (χ4n) is 2.55. The molecule has 5 N–H and O–H groups in total. The summed E-state index contributed by atoms with van der Waals surface area (Å²) in [7, 11) is 0. The van der Waals surface area contributed by atoms with Crippen LogP contribution in [0.4, 0.5) is 5.82 Å². The minimum atomic E-state index is -1.16. The van der Waals surface area contributed by atoms with Crippen LogP contribution in [-0.4, -0.2) is 54.8 Å². The molecule has 0 aliphatic carbocycles. The summed E-state index contributed by atoms with van der Waals surface area (Å²) in [5.74, 6) is 0.856. The van der Waals surface area contributed by atoms with Gasteiger partial charge < -0.3 is 30.4 Å². The maximum Gasteiger partial charge on any atom is 0.164 e. The minimum absolute atomic E-state index is 0.354. The highest BCUT2D eigenvalue weighted by molar-refractivity contribution is 14.1. The average Bonchev–Trinajstić information content (AvgIpc) is 2.89. The fraction of sp³-hybridized carbons (Fsp3) is 0.500. The van der Waals surface area contributed by atoms with Gasteiger partial charge in [0.15, 0.2) is 6.23 Å². The summed E-state index contributed by atoms with van der Waals surface area (Å²) in [5, 5.41) is 29.9. The molecule has 0 bridgehead atoms. The Morgan fingerprint density at radius 2 is 2.10 bits per heavy atom. The standard InChI is InChI=1S/C12H15IN4O4/c1-4-15-10(14)7-5(13)2-17(11(7)16-4)12-9(20)8(19)6(3-18)21-12/h2,6,8-9,12,18-20H,3H2,1H3,(H2,14,15,16)/t6-,8-,9-,12-/m1/s1. The topological polar surface area (TPSA) is 127 Å². The third-order valence-electron chi connectivity index (χ3n) is 3.56. The van der Waals surface area contributed by atoms with Crippen molar-refractivity contribution in [3.8, 4) is 0 Å². The lowest BCUT2D eigenvalue weighted by atomic mass is 10.1. The number of aliphatic hydroxyl groups is 3. The van der Waals surface area contributed by atoms with Crippen LogP contribution < -0.4 is 5.73 Å². The van der Waals surface area contributed by atoms with Crippen LogP contribution in [-0.2, 0) is 4.74 Å². The van der Waals surface area contributed by atoms with Gasteiger partial charge in [-0.1, -0.05) is 0 Å². The molecular formula is C12H15IN4O4. The maximum absolute atomic E-state index is 10.1. The number of aliphatic hydroxyl groups excluding tert-OH is 3. The first-order valence-corrected chi connectivity index (χ1v) is 7.44. The molecule has 0 unspecified atom stereocenters. The van der Waals surface area contributed by atoms with Crippen LogP contribution in [0, 0.1) is 10.5 Å². The van der Waals surface area contributed by atoms with E-state index in [1.165, 1.54) is 0 Å². The van der Waals surface area contributed by atoms with Crippen LogP contribution >= 0.6 is 22.6 Å². The van der Waals surface area contributed by atoms with Gasteiger partial charge >= 0.3 is 0 Å². The van der Waals surface area contributed by atoms with Crippen LogP contribution in [0.3, 0.4) is 0 Å². The molecule has 8 nitrogen and oxygen atoms in total. The molecule has 1 fully saturated rings. The van der Waals surface area contributed by atoms with E-state index in [1.54, 1.807) is 17.7 Å². The lowest BCUT2D eigenvalue weighted by Crippen LogP contribution is -2.33. The Morgan fingerprint density at radius 3 is 2.71 bits per heavy atom. The quantitative estimate of drug-likeness (QED) is 0.497. The monoisotopic (exact) mass is 406 g/mol. The third kappa shape index (κ3) is 2.28. The zero-order chi connectivity index (χ0) is 15.3. The third-order valence-corrected chi connectivity index (χ3v) is 4.37. The highest BCUT2D eigenvalue weighted by Gasteiger charge is 2.44. The predicted octanol–water partition coefficient (Wildman–Crippen LogP) is -0.462. The summed E-state index contributed by atoms with van der Waals surface area (Å²) in [4.78, 5) is 8.47. The lowest BCUT2D eigenvalue weighted by molar-refractivity contribution is -0.0509. The normalized spacial score (nSPS) is 29.4. The van der Waals surface area contributed by atoms with Crippen molar-refractivity contribution in [1.82, 2.24) is 14.5 Å². The predicted molar refractivity (Wildman–Crippen MR) is 82.4 cm³/mol. The summed E-state index contributed by atoms with van der Waals surface area (Å²) in [6.45, 7) is 1.35. The van der Waals surface area contributed by atoms with E-state index in [2.05, 4.69) is 32.6 Å². The van der Waals surface area contributed by atoms with Crippen LogP contribution in [0.5, 0.6) is 0 Å². The van der Waals surface area contributed by atoms with Crippen LogP contribution in [0.2, 0.25) is 0 Å². The molecule has 0 aromatic carbocycles. The van der Waals surface area contributed by atoms with Gasteiger partial charge in [-0.3, -0.25) is 0 Å². The molecule has 9 heteroatoms. The Morgan fingerprint density at radius 1 is 1.38 bits per heavy atom. The van der Waals surface area contributed by atoms with Crippen molar-refractivity contribution < 1.29 is 20.1 Å². The lowest BCUT2D eigenvalue weighted by Gasteiger charge is -2.17. The van der Waals surface area contributed by atoms with E-state index < -0.39 is 24.5 Å². The molecule has 21 heavy (non-hydrogen) atoms. The first kappa shape index (κ1) is 14.9. The number of aryl methyl sites for hydroxylation is 1. The molecule has 1 aliphatic rings. The highest BCUT2D eigenvalue weighted by Crippen LogP contribution is 2.35. The first-order chi connectivity index (χ1) is 9.93. The van der Waals surface area contributed by atoms with Gasteiger partial charge in [-0.25, -0.2) is 9.97 Å². The number of aromatic nitrogens is 3. The molecule has 3 heterocycles. The number of fused-ring (bicyclic) bond motifs is 1. The highest BCUT2D eigenvalue weighted by atomic mass is 127. The van der Waals surface area contributed by atoms with Crippen molar-refractivity contribution in [2.45, 2.75) is 31.5 Å². The van der Waals surface area contributed by atoms with Crippen molar-refractivity contribution in [2.75, 3.05) is 12.3 Å². The number of nitrogen functional groups attached to an aromatic ring is 1. The van der Waals surface area contributed by atoms with Gasteiger partial charge in [0.05, 0.1) is 12.0 Å². The van der Waals surface area contributed by atoms with Gasteiger partial charge in [0.1, 0.15) is 35.6 Å². The number of hydrogen-bond acceptors (Lipinski definition) is 7. The molecule has 2 aromatic rings. The van der Waals surface area contributed by atoms with Crippen molar-refractivity contribution in [3.63, 3.8) is 0 Å². The summed E-state index contributed by atoms with van der Waals surface area (Å²) in [6, 6.07) is 0. The molecule has 4 atom stereocenters. The van der Waals surface area contributed by atoms with Crippen molar-refractivity contribution in [1.29, 1.82) is 0 Å². The molecule has 2 aromatic heterocycles. The second kappa shape index (κ2) is 5.32. The molecule has 0 spiro atoms. The van der Waals surface area contributed by atoms with E-state index >= 15 is 0 Å². The molecule has 1 saturated heterocycles. The maximum atomic E-state index is 10.1. The molecule has 1 aliphatic heterocycles. The summed E-state index contributed by atoms with van der Waals surface area (Å²) >= 11 is 2.10. The van der Waals surface area contributed by atoms with Crippen molar-refractivity contribution in [2.24, 2.45) is 0 Å². The Hall–Kier alpha value is -1.01. The summed E-state index contributed by atoms with van der Waals surface area (Å²) < 4.78 is 7.96. The fourth-order valence-corrected chi connectivity index (χ4v) is 3.36. The van der Waals surface area contributed by atoms with E-state index in [4.69, 9.17) is 10.5 Å². The van der Waals surface area contributed by atoms with Gasteiger partial charge in [0, 0.05) is 9.77 Å². The number of rotatable bonds is 2. The largest absolute Gasteiger partial charge is 0.394 e. The Bertz CT molecular complexity index is 691. The van der Waals surface area contributed by atoms with Gasteiger partial charge in [0.2, 0.25) is 0 Å². The number of anilines is 1. The molecule has 0 saturated carbocycles. The van der Waals surface area contributed by atoms with E-state index in [9.17, 15) is 15.3 Å². The van der Waals surface area contributed by atoms with Gasteiger partial charge in [-0.2, -0.15) is 0 Å². The smallest absolute Gasteiger partial charge is 0.164 e. The van der Waals surface area contributed by atoms with Crippen LogP contribution in [0.25, 0.3) is 11.0 Å². The average molecular weight is 406 g/mol. The number of nitrogens with zero attached hydrogens (tertiary/aromatic N) is 3. The number of halogens is 1. The van der Waals surface area contributed by atoms with Crippen molar-refractivity contribution >= 4 is 39.4 Å². The van der Waals surface area contributed by atoms with E-state index in [0.29, 0.717) is 22.7 Å². The van der Waals surface area contributed by atoms with Crippen LogP contribution in [0.1, 0.15) is 12.1 Å². The van der Waals surface area contributed by atoms with Gasteiger partial charge in [0.25, 0.3) is 0 Å². The van der Waals surface area contributed by atoms with Crippen LogP contribution in [0.15, 0.2) is 6.20 Å². The second-order valence-corrected chi connectivity index (χ2v) is 6.13. The zero-order valence-corrected chi connectivity index (χ0v) is 13.3. The number of nitrogens with two attached hydrogens (primary N) is 1. The van der Waals surface area contributed by atoms with Gasteiger partial charge in [-0.05, 0) is 29.5 Å². The Labute approximate surface area is 133 Å². The zero-order valence-electron chi connectivity index (χ0n) is 11.1. The molecule has 0 radical (unpaired) electrons. The SMILES string of the molecule is Cc1nc(N)c2c(I)cn([C@@H]3O[C@H](CO)[C@@H](O)[C@H]3O)c2n1. The van der Waals surface area contributed by atoms with Gasteiger partial charge in [-0.15, -0.1) is 0 Å². The molecule has 114 valence electrons. The van der Waals surface area contributed by atoms with E-state index in [1.807, 2.05) is 0 Å². The number of ether oxygens (including phenoxy) is 1. The minimum Gasteiger partial charge on any atom is -0.394 e. The number of hydrogen-bond donors (Lipinski definition) is 4. The molecular weight excluding hydrogens is 391 g/mol. The molecule has 0 amide bonds. The Balaban J connectivity index is 2.13. The Kier molecular flexibility index (Phi) is 3.78. The van der Waals surface area contributed by atoms with E-state index in [0.717, 1.165) is 3.57 Å².